The highest BCUT2D eigenvalue weighted by Gasteiger charge is 2.09. The fraction of sp³-hybridized carbons (Fsp3) is 0.538. The molecule has 86 valence electrons. The van der Waals surface area contributed by atoms with Gasteiger partial charge in [-0.05, 0) is 32.3 Å². The second kappa shape index (κ2) is 7.43. The van der Waals surface area contributed by atoms with Gasteiger partial charge in [-0.2, -0.15) is 0 Å². The Hall–Kier alpha value is -0.860. The first-order valence-corrected chi connectivity index (χ1v) is 5.36. The van der Waals surface area contributed by atoms with Gasteiger partial charge in [-0.3, -0.25) is 0 Å². The van der Waals surface area contributed by atoms with Crippen LogP contribution in [0.15, 0.2) is 30.3 Å². The summed E-state index contributed by atoms with van der Waals surface area (Å²) in [7, 11) is 0. The van der Waals surface area contributed by atoms with Gasteiger partial charge in [-0.1, -0.05) is 37.3 Å². The molecule has 0 aliphatic rings. The van der Waals surface area contributed by atoms with Gasteiger partial charge < -0.3 is 10.2 Å². The Morgan fingerprint density at radius 2 is 1.67 bits per heavy atom. The maximum absolute atomic E-state index is 8.86. The number of aliphatic hydroxyl groups excluding tert-OH is 1. The molecule has 0 unspecified atom stereocenters. The molecular formula is C13H22O2. The average Bonchev–Trinajstić information content (AvgIpc) is 2.18. The van der Waals surface area contributed by atoms with Crippen molar-refractivity contribution in [1.82, 2.24) is 0 Å². The minimum atomic E-state index is -0.700. The highest BCUT2D eigenvalue weighted by molar-refractivity contribution is 5.13. The molecule has 1 rings (SSSR count). The quantitative estimate of drug-likeness (QED) is 0.804. The van der Waals surface area contributed by atoms with Crippen LogP contribution in [0.4, 0.5) is 0 Å². The summed E-state index contributed by atoms with van der Waals surface area (Å²) in [4.78, 5) is 0. The van der Waals surface area contributed by atoms with Gasteiger partial charge in [0.05, 0.1) is 5.60 Å². The van der Waals surface area contributed by atoms with Crippen molar-refractivity contribution >= 4 is 0 Å². The van der Waals surface area contributed by atoms with Crippen molar-refractivity contribution in [2.45, 2.75) is 39.2 Å². The van der Waals surface area contributed by atoms with E-state index in [1.165, 1.54) is 5.56 Å². The van der Waals surface area contributed by atoms with Gasteiger partial charge in [0.2, 0.25) is 0 Å². The maximum Gasteiger partial charge on any atom is 0.0613 e. The molecule has 0 radical (unpaired) electrons. The van der Waals surface area contributed by atoms with Crippen LogP contribution in [-0.2, 0) is 6.42 Å². The van der Waals surface area contributed by atoms with Crippen LogP contribution < -0.4 is 0 Å². The zero-order valence-corrected chi connectivity index (χ0v) is 9.90. The molecular weight excluding hydrogens is 188 g/mol. The molecule has 2 heteroatoms. The SMILES string of the molecule is CC(C)(O)CCO.CCc1ccccc1. The van der Waals surface area contributed by atoms with E-state index in [4.69, 9.17) is 10.2 Å². The number of aliphatic hydroxyl groups is 2. The third kappa shape index (κ3) is 9.44. The largest absolute Gasteiger partial charge is 0.396 e. The standard InChI is InChI=1S/C8H10.C5H12O2/c1-2-8-6-4-3-5-7-8;1-5(2,7)3-4-6/h3-7H,2H2,1H3;6-7H,3-4H2,1-2H3. The number of benzene rings is 1. The van der Waals surface area contributed by atoms with E-state index < -0.39 is 5.60 Å². The molecule has 0 spiro atoms. The number of hydrogen-bond acceptors (Lipinski definition) is 2. The topological polar surface area (TPSA) is 40.5 Å². The molecule has 0 aliphatic heterocycles. The minimum Gasteiger partial charge on any atom is -0.396 e. The number of rotatable bonds is 3. The summed E-state index contributed by atoms with van der Waals surface area (Å²) in [6.45, 7) is 5.56. The molecule has 0 saturated heterocycles. The van der Waals surface area contributed by atoms with Gasteiger partial charge in [-0.25, -0.2) is 0 Å². The average molecular weight is 210 g/mol. The first kappa shape index (κ1) is 14.1. The molecule has 0 fully saturated rings. The fourth-order valence-electron chi connectivity index (χ4n) is 0.987. The van der Waals surface area contributed by atoms with Gasteiger partial charge in [0.15, 0.2) is 0 Å². The number of aryl methyl sites for hydroxylation is 1. The van der Waals surface area contributed by atoms with E-state index in [1.807, 2.05) is 6.07 Å². The molecule has 0 atom stereocenters. The van der Waals surface area contributed by atoms with Crippen LogP contribution >= 0.6 is 0 Å². The van der Waals surface area contributed by atoms with E-state index in [2.05, 4.69) is 31.2 Å². The van der Waals surface area contributed by atoms with Crippen molar-refractivity contribution in [2.75, 3.05) is 6.61 Å². The second-order valence-electron chi connectivity index (χ2n) is 4.13. The van der Waals surface area contributed by atoms with E-state index in [0.717, 1.165) is 6.42 Å². The lowest BCUT2D eigenvalue weighted by molar-refractivity contribution is 0.0515. The van der Waals surface area contributed by atoms with Crippen LogP contribution in [0.5, 0.6) is 0 Å². The van der Waals surface area contributed by atoms with Gasteiger partial charge >= 0.3 is 0 Å². The van der Waals surface area contributed by atoms with Crippen molar-refractivity contribution < 1.29 is 10.2 Å². The Kier molecular flexibility index (Phi) is 7.01. The van der Waals surface area contributed by atoms with Crippen molar-refractivity contribution in [3.8, 4) is 0 Å². The van der Waals surface area contributed by atoms with Gasteiger partial charge in [0, 0.05) is 6.61 Å². The Morgan fingerprint density at radius 1 is 1.13 bits per heavy atom. The van der Waals surface area contributed by atoms with E-state index in [-0.39, 0.29) is 6.61 Å². The Bertz CT molecular complexity index is 236. The molecule has 0 aromatic heterocycles. The third-order valence-corrected chi connectivity index (χ3v) is 1.97. The molecule has 0 aliphatic carbocycles. The lowest BCUT2D eigenvalue weighted by Gasteiger charge is -2.13. The fourth-order valence-corrected chi connectivity index (χ4v) is 0.987. The first-order chi connectivity index (χ1) is 6.99. The molecule has 2 nitrogen and oxygen atoms in total. The molecule has 0 amide bonds. The van der Waals surface area contributed by atoms with Crippen LogP contribution in [-0.4, -0.2) is 22.4 Å². The van der Waals surface area contributed by atoms with Gasteiger partial charge in [0.25, 0.3) is 0 Å². The van der Waals surface area contributed by atoms with Crippen LogP contribution in [0.3, 0.4) is 0 Å². The van der Waals surface area contributed by atoms with Crippen LogP contribution in [0, 0.1) is 0 Å². The predicted octanol–water partition coefficient (Wildman–Crippen LogP) is 2.39. The Balaban J connectivity index is 0.000000265. The van der Waals surface area contributed by atoms with Crippen LogP contribution in [0.25, 0.3) is 0 Å². The summed E-state index contributed by atoms with van der Waals surface area (Å²) in [5.41, 5.74) is 0.710. The second-order valence-corrected chi connectivity index (χ2v) is 4.13. The van der Waals surface area contributed by atoms with Crippen molar-refractivity contribution in [3.63, 3.8) is 0 Å². The zero-order chi connectivity index (χ0) is 11.7. The summed E-state index contributed by atoms with van der Waals surface area (Å²) in [6, 6.07) is 10.5. The van der Waals surface area contributed by atoms with E-state index in [0.29, 0.717) is 6.42 Å². The van der Waals surface area contributed by atoms with Crippen LogP contribution in [0.1, 0.15) is 32.8 Å². The Morgan fingerprint density at radius 3 is 1.87 bits per heavy atom. The van der Waals surface area contributed by atoms with Gasteiger partial charge in [0.1, 0.15) is 0 Å². The predicted molar refractivity (Wildman–Crippen MR) is 63.8 cm³/mol. The van der Waals surface area contributed by atoms with E-state index >= 15 is 0 Å². The van der Waals surface area contributed by atoms with Crippen molar-refractivity contribution in [3.05, 3.63) is 35.9 Å². The molecule has 1 aromatic rings. The summed E-state index contributed by atoms with van der Waals surface area (Å²) in [5, 5.41) is 17.1. The molecule has 2 N–H and O–H groups in total. The molecule has 1 aromatic carbocycles. The summed E-state index contributed by atoms with van der Waals surface area (Å²) >= 11 is 0. The summed E-state index contributed by atoms with van der Waals surface area (Å²) in [6.07, 6.45) is 1.59. The smallest absolute Gasteiger partial charge is 0.0613 e. The Labute approximate surface area is 92.6 Å². The lowest BCUT2D eigenvalue weighted by Crippen LogP contribution is -2.19. The molecule has 0 bridgehead atoms. The third-order valence-electron chi connectivity index (χ3n) is 1.97. The van der Waals surface area contributed by atoms with E-state index in [1.54, 1.807) is 13.8 Å². The minimum absolute atomic E-state index is 0.0590. The van der Waals surface area contributed by atoms with Crippen molar-refractivity contribution in [1.29, 1.82) is 0 Å². The maximum atomic E-state index is 8.86. The normalized spacial score (nSPS) is 10.5. The van der Waals surface area contributed by atoms with E-state index in [9.17, 15) is 0 Å². The monoisotopic (exact) mass is 210 g/mol. The highest BCUT2D eigenvalue weighted by atomic mass is 16.3. The molecule has 0 saturated carbocycles. The summed E-state index contributed by atoms with van der Waals surface area (Å²) in [5.74, 6) is 0. The zero-order valence-electron chi connectivity index (χ0n) is 9.90. The molecule has 15 heavy (non-hydrogen) atoms. The lowest BCUT2D eigenvalue weighted by atomic mass is 10.1. The summed E-state index contributed by atoms with van der Waals surface area (Å²) < 4.78 is 0. The van der Waals surface area contributed by atoms with Gasteiger partial charge in [-0.15, -0.1) is 0 Å². The number of hydrogen-bond donors (Lipinski definition) is 2. The van der Waals surface area contributed by atoms with Crippen molar-refractivity contribution in [2.24, 2.45) is 0 Å². The highest BCUT2D eigenvalue weighted by Crippen LogP contribution is 2.04. The first-order valence-electron chi connectivity index (χ1n) is 5.36. The van der Waals surface area contributed by atoms with Crippen LogP contribution in [0.2, 0.25) is 0 Å². The molecule has 0 heterocycles.